The molecule has 0 fully saturated rings. The van der Waals surface area contributed by atoms with Crippen LogP contribution in [0.1, 0.15) is 10.5 Å². The second-order valence-corrected chi connectivity index (χ2v) is 8.32. The zero-order valence-electron chi connectivity index (χ0n) is 16.5. The fourth-order valence-electron chi connectivity index (χ4n) is 2.73. The van der Waals surface area contributed by atoms with E-state index in [9.17, 15) is 13.2 Å². The van der Waals surface area contributed by atoms with Gasteiger partial charge in [-0.25, -0.2) is 18.2 Å². The van der Waals surface area contributed by atoms with Crippen molar-refractivity contribution in [3.63, 3.8) is 0 Å². The summed E-state index contributed by atoms with van der Waals surface area (Å²) in [5.74, 6) is 0.293. The number of methoxy groups -OCH3 is 1. The summed E-state index contributed by atoms with van der Waals surface area (Å²) >= 11 is 0. The molecule has 0 aliphatic rings. The van der Waals surface area contributed by atoms with Crippen LogP contribution in [0.4, 0.5) is 0 Å². The van der Waals surface area contributed by atoms with Crippen LogP contribution in [0.5, 0.6) is 5.75 Å². The summed E-state index contributed by atoms with van der Waals surface area (Å²) in [5, 5.41) is 5.51. The van der Waals surface area contributed by atoms with Crippen molar-refractivity contribution >= 4 is 15.7 Å². The number of hydrogen-bond donors (Lipinski definition) is 0. The molecule has 1 aromatic heterocycles. The summed E-state index contributed by atoms with van der Waals surface area (Å²) in [6, 6.07) is 15.3. The van der Waals surface area contributed by atoms with Gasteiger partial charge in [-0.1, -0.05) is 0 Å². The van der Waals surface area contributed by atoms with Crippen molar-refractivity contribution in [3.05, 3.63) is 60.3 Å². The predicted molar refractivity (Wildman–Crippen MR) is 108 cm³/mol. The van der Waals surface area contributed by atoms with Gasteiger partial charge in [0.25, 0.3) is 5.91 Å². The number of ether oxygens (including phenoxy) is 1. The third-order valence-electron chi connectivity index (χ3n) is 4.38. The molecule has 29 heavy (non-hydrogen) atoms. The van der Waals surface area contributed by atoms with Crippen molar-refractivity contribution in [1.29, 1.82) is 0 Å². The zero-order chi connectivity index (χ0) is 21.2. The number of hydrogen-bond acceptors (Lipinski definition) is 6. The smallest absolute Gasteiger partial charge is 0.297 e. The third-order valence-corrected chi connectivity index (χ3v) is 5.51. The lowest BCUT2D eigenvalue weighted by atomic mass is 10.1. The van der Waals surface area contributed by atoms with Gasteiger partial charge in [0.15, 0.2) is 15.5 Å². The Morgan fingerprint density at radius 2 is 1.66 bits per heavy atom. The lowest BCUT2D eigenvalue weighted by Gasteiger charge is -2.11. The van der Waals surface area contributed by atoms with Gasteiger partial charge in [0.2, 0.25) is 0 Å². The molecule has 1 heterocycles. The first kappa shape index (κ1) is 20.6. The van der Waals surface area contributed by atoms with Crippen molar-refractivity contribution in [2.75, 3.05) is 27.5 Å². The molecule has 1 amide bonds. The van der Waals surface area contributed by atoms with Gasteiger partial charge in [-0.3, -0.25) is 9.63 Å². The van der Waals surface area contributed by atoms with E-state index in [4.69, 9.17) is 9.57 Å². The number of aromatic nitrogens is 2. The first-order chi connectivity index (χ1) is 13.7. The van der Waals surface area contributed by atoms with E-state index >= 15 is 0 Å². The normalized spacial score (nSPS) is 11.3. The van der Waals surface area contributed by atoms with E-state index in [1.165, 1.54) is 26.3 Å². The second kappa shape index (κ2) is 8.06. The number of hydroxylamine groups is 2. The fourth-order valence-corrected chi connectivity index (χ4v) is 3.36. The molecule has 3 rings (SSSR count). The molecule has 152 valence electrons. The van der Waals surface area contributed by atoms with Gasteiger partial charge in [-0.05, 0) is 54.6 Å². The SMILES string of the molecule is COc1ccc(-c2cc(C(=O)N(C)OC)nn2-c2ccc(S(C)(=O)=O)cc2)cc1. The number of rotatable bonds is 6. The Morgan fingerprint density at radius 3 is 2.17 bits per heavy atom. The van der Waals surface area contributed by atoms with Gasteiger partial charge in [0.05, 0.1) is 30.5 Å². The van der Waals surface area contributed by atoms with E-state index in [0.29, 0.717) is 17.1 Å². The lowest BCUT2D eigenvalue weighted by molar-refractivity contribution is -0.0760. The van der Waals surface area contributed by atoms with Crippen LogP contribution in [0.25, 0.3) is 16.9 Å². The molecule has 0 bridgehead atoms. The predicted octanol–water partition coefficient (Wildman–Crippen LogP) is 2.58. The first-order valence-electron chi connectivity index (χ1n) is 8.61. The van der Waals surface area contributed by atoms with Crippen LogP contribution in [-0.4, -0.2) is 56.7 Å². The van der Waals surface area contributed by atoms with E-state index in [1.54, 1.807) is 30.0 Å². The fraction of sp³-hybridized carbons (Fsp3) is 0.200. The summed E-state index contributed by atoms with van der Waals surface area (Å²) in [6.07, 6.45) is 1.15. The highest BCUT2D eigenvalue weighted by Gasteiger charge is 2.20. The highest BCUT2D eigenvalue weighted by molar-refractivity contribution is 7.90. The van der Waals surface area contributed by atoms with Crippen molar-refractivity contribution in [1.82, 2.24) is 14.8 Å². The average molecular weight is 415 g/mol. The van der Waals surface area contributed by atoms with Gasteiger partial charge >= 0.3 is 0 Å². The largest absolute Gasteiger partial charge is 0.497 e. The molecule has 0 saturated carbocycles. The average Bonchev–Trinajstić information content (AvgIpc) is 3.17. The Kier molecular flexibility index (Phi) is 5.71. The number of carbonyl (C=O) groups is 1. The highest BCUT2D eigenvalue weighted by Crippen LogP contribution is 2.27. The molecule has 2 aromatic carbocycles. The number of benzene rings is 2. The van der Waals surface area contributed by atoms with Crippen molar-refractivity contribution in [2.24, 2.45) is 0 Å². The molecule has 0 saturated heterocycles. The van der Waals surface area contributed by atoms with E-state index in [0.717, 1.165) is 16.9 Å². The van der Waals surface area contributed by atoms with E-state index in [-0.39, 0.29) is 10.6 Å². The monoisotopic (exact) mass is 415 g/mol. The summed E-state index contributed by atoms with van der Waals surface area (Å²) in [6.45, 7) is 0. The number of carbonyl (C=O) groups excluding carboxylic acids is 1. The number of sulfone groups is 1. The van der Waals surface area contributed by atoms with E-state index in [1.807, 2.05) is 24.3 Å². The first-order valence-corrected chi connectivity index (χ1v) is 10.5. The quantitative estimate of drug-likeness (QED) is 0.575. The molecular formula is C20H21N3O5S. The molecule has 0 aliphatic heterocycles. The molecule has 0 spiro atoms. The Labute approximate surface area is 169 Å². The molecule has 0 radical (unpaired) electrons. The van der Waals surface area contributed by atoms with Crippen LogP contribution >= 0.6 is 0 Å². The lowest BCUT2D eigenvalue weighted by Crippen LogP contribution is -2.25. The Bertz CT molecular complexity index is 1120. The zero-order valence-corrected chi connectivity index (χ0v) is 17.3. The third kappa shape index (κ3) is 4.30. The molecular weight excluding hydrogens is 394 g/mol. The molecule has 3 aromatic rings. The van der Waals surface area contributed by atoms with Crippen LogP contribution in [0.2, 0.25) is 0 Å². The molecule has 0 aliphatic carbocycles. The Morgan fingerprint density at radius 1 is 1.03 bits per heavy atom. The van der Waals surface area contributed by atoms with Gasteiger partial charge in [0.1, 0.15) is 5.75 Å². The topological polar surface area (TPSA) is 90.7 Å². The number of nitrogens with zero attached hydrogens (tertiary/aromatic N) is 3. The minimum absolute atomic E-state index is 0.187. The Balaban J connectivity index is 2.12. The summed E-state index contributed by atoms with van der Waals surface area (Å²) < 4.78 is 30.3. The van der Waals surface area contributed by atoms with E-state index in [2.05, 4.69) is 5.10 Å². The standard InChI is InChI=1S/C20H21N3O5S/c1-22(28-3)20(24)18-13-19(14-5-9-16(27-2)10-6-14)23(21-18)15-7-11-17(12-8-15)29(4,25)26/h5-13H,1-4H3. The van der Waals surface area contributed by atoms with E-state index < -0.39 is 15.7 Å². The second-order valence-electron chi connectivity index (χ2n) is 6.31. The minimum Gasteiger partial charge on any atom is -0.497 e. The van der Waals surface area contributed by atoms with Crippen molar-refractivity contribution in [2.45, 2.75) is 4.90 Å². The maximum Gasteiger partial charge on any atom is 0.297 e. The molecule has 0 atom stereocenters. The van der Waals surface area contributed by atoms with Crippen LogP contribution < -0.4 is 4.74 Å². The van der Waals surface area contributed by atoms with Crippen LogP contribution in [0.15, 0.2) is 59.5 Å². The molecule has 8 nitrogen and oxygen atoms in total. The van der Waals surface area contributed by atoms with Crippen molar-refractivity contribution < 1.29 is 22.8 Å². The maximum absolute atomic E-state index is 12.5. The summed E-state index contributed by atoms with van der Waals surface area (Å²) in [7, 11) is 1.16. The molecule has 0 N–H and O–H groups in total. The summed E-state index contributed by atoms with van der Waals surface area (Å²) in [5.41, 5.74) is 2.27. The summed E-state index contributed by atoms with van der Waals surface area (Å²) in [4.78, 5) is 17.7. The molecule has 0 unspecified atom stereocenters. The van der Waals surface area contributed by atoms with Crippen LogP contribution in [-0.2, 0) is 14.7 Å². The van der Waals surface area contributed by atoms with Gasteiger partial charge in [0, 0.05) is 18.9 Å². The van der Waals surface area contributed by atoms with Crippen molar-refractivity contribution in [3.8, 4) is 22.7 Å². The minimum atomic E-state index is -3.32. The molecule has 9 heteroatoms. The number of amides is 1. The van der Waals surface area contributed by atoms with Gasteiger partial charge in [-0.2, -0.15) is 5.10 Å². The van der Waals surface area contributed by atoms with Crippen LogP contribution in [0, 0.1) is 0 Å². The Hall–Kier alpha value is -3.17. The van der Waals surface area contributed by atoms with Gasteiger partial charge in [-0.15, -0.1) is 0 Å². The van der Waals surface area contributed by atoms with Gasteiger partial charge < -0.3 is 4.74 Å². The maximum atomic E-state index is 12.5. The highest BCUT2D eigenvalue weighted by atomic mass is 32.2. The van der Waals surface area contributed by atoms with Crippen LogP contribution in [0.3, 0.4) is 0 Å².